The first-order valence-corrected chi connectivity index (χ1v) is 11.3. The van der Waals surface area contributed by atoms with E-state index >= 15 is 0 Å². The molecule has 0 aromatic heterocycles. The predicted octanol–water partition coefficient (Wildman–Crippen LogP) is 2.05. The van der Waals surface area contributed by atoms with Crippen LogP contribution in [0, 0.1) is 0 Å². The van der Waals surface area contributed by atoms with Crippen molar-refractivity contribution >= 4 is 11.9 Å². The number of ether oxygens (including phenoxy) is 1. The Morgan fingerprint density at radius 3 is 2.60 bits per heavy atom. The lowest BCUT2D eigenvalue weighted by atomic mass is 10.0. The first-order chi connectivity index (χ1) is 14.6. The fraction of sp³-hybridized carbons (Fsp3) is 0.652. The van der Waals surface area contributed by atoms with Crippen molar-refractivity contribution in [2.24, 2.45) is 4.99 Å². The summed E-state index contributed by atoms with van der Waals surface area (Å²) in [6.07, 6.45) is 2.27. The van der Waals surface area contributed by atoms with Gasteiger partial charge in [0.05, 0.1) is 13.1 Å². The third-order valence-corrected chi connectivity index (χ3v) is 5.47. The third kappa shape index (κ3) is 6.90. The summed E-state index contributed by atoms with van der Waals surface area (Å²) >= 11 is 0. The van der Waals surface area contributed by atoms with E-state index in [1.165, 1.54) is 5.56 Å². The molecule has 1 aliphatic heterocycles. The van der Waals surface area contributed by atoms with Crippen LogP contribution < -0.4 is 15.4 Å². The number of hydrogen-bond acceptors (Lipinski definition) is 4. The lowest BCUT2D eigenvalue weighted by Crippen LogP contribution is -2.54. The van der Waals surface area contributed by atoms with Crippen LogP contribution in [0.5, 0.6) is 5.75 Å². The molecule has 1 aromatic rings. The van der Waals surface area contributed by atoms with Crippen molar-refractivity contribution in [1.29, 1.82) is 0 Å². The monoisotopic (exact) mass is 415 g/mol. The van der Waals surface area contributed by atoms with E-state index in [4.69, 9.17) is 9.73 Å². The molecule has 7 heteroatoms. The molecule has 166 valence electrons. The number of aliphatic imine (C=N–C) groups is 1. The fourth-order valence-corrected chi connectivity index (χ4v) is 3.64. The molecule has 2 aliphatic rings. The first kappa shape index (κ1) is 22.4. The number of amides is 1. The van der Waals surface area contributed by atoms with Crippen molar-refractivity contribution in [2.75, 3.05) is 52.4 Å². The van der Waals surface area contributed by atoms with E-state index in [0.29, 0.717) is 31.7 Å². The SMILES string of the molecule is CCNC(=NCCOc1ccccc1C(C)C)N1CCN(CC(=O)NC2CC2)CC1. The van der Waals surface area contributed by atoms with Crippen LogP contribution in [-0.2, 0) is 4.79 Å². The Labute approximate surface area is 180 Å². The molecule has 2 fully saturated rings. The number of guanidine groups is 1. The minimum atomic E-state index is 0.158. The normalized spacial score (nSPS) is 17.9. The number of carbonyl (C=O) groups is 1. The zero-order valence-electron chi connectivity index (χ0n) is 18.7. The fourth-order valence-electron chi connectivity index (χ4n) is 3.64. The van der Waals surface area contributed by atoms with Gasteiger partial charge < -0.3 is 20.3 Å². The van der Waals surface area contributed by atoms with Gasteiger partial charge in [0.25, 0.3) is 0 Å². The minimum absolute atomic E-state index is 0.158. The average Bonchev–Trinajstić information content (AvgIpc) is 3.55. The molecule has 1 saturated heterocycles. The van der Waals surface area contributed by atoms with Crippen LogP contribution >= 0.6 is 0 Å². The predicted molar refractivity (Wildman–Crippen MR) is 121 cm³/mol. The van der Waals surface area contributed by atoms with Gasteiger partial charge in [-0.15, -0.1) is 0 Å². The van der Waals surface area contributed by atoms with Crippen LogP contribution in [-0.4, -0.2) is 80.1 Å². The van der Waals surface area contributed by atoms with Crippen LogP contribution in [0.4, 0.5) is 0 Å². The molecule has 1 saturated carbocycles. The van der Waals surface area contributed by atoms with Crippen LogP contribution in [0.1, 0.15) is 45.1 Å². The van der Waals surface area contributed by atoms with Crippen molar-refractivity contribution in [3.63, 3.8) is 0 Å². The maximum atomic E-state index is 12.0. The second-order valence-corrected chi connectivity index (χ2v) is 8.38. The number of para-hydroxylation sites is 1. The molecule has 0 spiro atoms. The molecule has 0 unspecified atom stereocenters. The quantitative estimate of drug-likeness (QED) is 0.367. The Morgan fingerprint density at radius 1 is 1.20 bits per heavy atom. The second-order valence-electron chi connectivity index (χ2n) is 8.38. The van der Waals surface area contributed by atoms with Gasteiger partial charge in [-0.3, -0.25) is 9.69 Å². The number of hydrogen-bond donors (Lipinski definition) is 2. The van der Waals surface area contributed by atoms with Crippen molar-refractivity contribution in [3.8, 4) is 5.75 Å². The van der Waals surface area contributed by atoms with Crippen LogP contribution in [0.2, 0.25) is 0 Å². The highest BCUT2D eigenvalue weighted by Gasteiger charge is 2.25. The van der Waals surface area contributed by atoms with Gasteiger partial charge in [0, 0.05) is 38.8 Å². The Hall–Kier alpha value is -2.28. The molecule has 30 heavy (non-hydrogen) atoms. The van der Waals surface area contributed by atoms with Gasteiger partial charge in [0.15, 0.2) is 5.96 Å². The van der Waals surface area contributed by atoms with E-state index in [-0.39, 0.29) is 5.91 Å². The summed E-state index contributed by atoms with van der Waals surface area (Å²) in [5, 5.41) is 6.46. The van der Waals surface area contributed by atoms with Gasteiger partial charge in [0.2, 0.25) is 5.91 Å². The largest absolute Gasteiger partial charge is 0.491 e. The maximum absolute atomic E-state index is 12.0. The van der Waals surface area contributed by atoms with E-state index in [1.54, 1.807) is 0 Å². The molecule has 1 aromatic carbocycles. The Balaban J connectivity index is 1.44. The van der Waals surface area contributed by atoms with Gasteiger partial charge in [-0.2, -0.15) is 0 Å². The number of benzene rings is 1. The molecule has 0 atom stereocenters. The van der Waals surface area contributed by atoms with Crippen molar-refractivity contribution in [3.05, 3.63) is 29.8 Å². The minimum Gasteiger partial charge on any atom is -0.491 e. The summed E-state index contributed by atoms with van der Waals surface area (Å²) in [6, 6.07) is 8.65. The number of piperazine rings is 1. The molecule has 7 nitrogen and oxygen atoms in total. The molecule has 1 amide bonds. The summed E-state index contributed by atoms with van der Waals surface area (Å²) in [7, 11) is 0. The molecular formula is C23H37N5O2. The third-order valence-electron chi connectivity index (χ3n) is 5.47. The van der Waals surface area contributed by atoms with Gasteiger partial charge >= 0.3 is 0 Å². The Morgan fingerprint density at radius 2 is 1.93 bits per heavy atom. The summed E-state index contributed by atoms with van der Waals surface area (Å²) in [4.78, 5) is 21.3. The average molecular weight is 416 g/mol. The lowest BCUT2D eigenvalue weighted by Gasteiger charge is -2.36. The van der Waals surface area contributed by atoms with Crippen molar-refractivity contribution < 1.29 is 9.53 Å². The molecule has 3 rings (SSSR count). The number of nitrogens with one attached hydrogen (secondary N) is 2. The lowest BCUT2D eigenvalue weighted by molar-refractivity contribution is -0.122. The van der Waals surface area contributed by atoms with E-state index in [0.717, 1.165) is 57.3 Å². The molecule has 0 bridgehead atoms. The summed E-state index contributed by atoms with van der Waals surface area (Å²) in [5.74, 6) is 2.47. The van der Waals surface area contributed by atoms with Gasteiger partial charge in [-0.25, -0.2) is 4.99 Å². The van der Waals surface area contributed by atoms with Crippen LogP contribution in [0.25, 0.3) is 0 Å². The Kier molecular flexibility index (Phi) is 8.37. The molecule has 1 aliphatic carbocycles. The van der Waals surface area contributed by atoms with Gasteiger partial charge in [0.1, 0.15) is 12.4 Å². The van der Waals surface area contributed by atoms with Crippen LogP contribution in [0.3, 0.4) is 0 Å². The van der Waals surface area contributed by atoms with E-state index in [2.05, 4.69) is 53.3 Å². The van der Waals surface area contributed by atoms with Gasteiger partial charge in [-0.05, 0) is 37.3 Å². The van der Waals surface area contributed by atoms with Gasteiger partial charge in [-0.1, -0.05) is 32.0 Å². The topological polar surface area (TPSA) is 69.2 Å². The summed E-state index contributed by atoms with van der Waals surface area (Å²) in [6.45, 7) is 12.4. The van der Waals surface area contributed by atoms with E-state index in [1.807, 2.05) is 12.1 Å². The highest BCUT2D eigenvalue weighted by Crippen LogP contribution is 2.25. The zero-order valence-corrected chi connectivity index (χ0v) is 18.7. The molecule has 2 N–H and O–H groups in total. The summed E-state index contributed by atoms with van der Waals surface area (Å²) < 4.78 is 6.01. The molecular weight excluding hydrogens is 378 g/mol. The highest BCUT2D eigenvalue weighted by molar-refractivity contribution is 5.80. The number of rotatable bonds is 9. The van der Waals surface area contributed by atoms with Crippen LogP contribution in [0.15, 0.2) is 29.3 Å². The van der Waals surface area contributed by atoms with Crippen molar-refractivity contribution in [1.82, 2.24) is 20.4 Å². The zero-order chi connectivity index (χ0) is 21.3. The standard InChI is InChI=1S/C23H37N5O2/c1-4-24-23(25-11-16-30-21-8-6-5-7-20(21)18(2)3)28-14-12-27(13-15-28)17-22(29)26-19-9-10-19/h5-8,18-19H,4,9-17H2,1-3H3,(H,24,25)(H,26,29). The number of carbonyl (C=O) groups excluding carboxylic acids is 1. The Bertz CT molecular complexity index is 709. The summed E-state index contributed by atoms with van der Waals surface area (Å²) in [5.41, 5.74) is 1.23. The number of nitrogens with zero attached hydrogens (tertiary/aromatic N) is 3. The smallest absolute Gasteiger partial charge is 0.234 e. The van der Waals surface area contributed by atoms with E-state index in [9.17, 15) is 4.79 Å². The molecule has 0 radical (unpaired) electrons. The maximum Gasteiger partial charge on any atom is 0.234 e. The van der Waals surface area contributed by atoms with E-state index < -0.39 is 0 Å². The first-order valence-electron chi connectivity index (χ1n) is 11.3. The molecule has 1 heterocycles. The highest BCUT2D eigenvalue weighted by atomic mass is 16.5. The van der Waals surface area contributed by atoms with Crippen molar-refractivity contribution in [2.45, 2.75) is 45.6 Å². The second kappa shape index (κ2) is 11.2.